The molecule has 3 nitrogen and oxygen atoms in total. The van der Waals surface area contributed by atoms with Crippen molar-refractivity contribution in [2.24, 2.45) is 0 Å². The van der Waals surface area contributed by atoms with Crippen molar-refractivity contribution in [3.8, 4) is 11.4 Å². The van der Waals surface area contributed by atoms with E-state index in [-0.39, 0.29) is 0 Å². The molecule has 0 atom stereocenters. The summed E-state index contributed by atoms with van der Waals surface area (Å²) in [6.07, 6.45) is 1.80. The van der Waals surface area contributed by atoms with Gasteiger partial charge < -0.3 is 4.52 Å². The second-order valence-corrected chi connectivity index (χ2v) is 5.05. The Balaban J connectivity index is 1.92. The summed E-state index contributed by atoms with van der Waals surface area (Å²) < 4.78 is 5.25. The zero-order valence-corrected chi connectivity index (χ0v) is 12.2. The van der Waals surface area contributed by atoms with Gasteiger partial charge in [-0.1, -0.05) is 71.4 Å². The van der Waals surface area contributed by atoms with Crippen LogP contribution in [0.4, 0.5) is 0 Å². The first kappa shape index (κ1) is 13.6. The summed E-state index contributed by atoms with van der Waals surface area (Å²) in [4.78, 5) is 4.36. The molecule has 0 spiro atoms. The molecule has 2 aromatic carbocycles. The Kier molecular flexibility index (Phi) is 3.84. The minimum Gasteiger partial charge on any atom is -0.333 e. The Hall–Kier alpha value is -2.39. The van der Waals surface area contributed by atoms with E-state index >= 15 is 0 Å². The molecule has 104 valence electrons. The summed E-state index contributed by atoms with van der Waals surface area (Å²) in [7, 11) is 0. The topological polar surface area (TPSA) is 38.9 Å². The van der Waals surface area contributed by atoms with Crippen molar-refractivity contribution in [1.82, 2.24) is 10.1 Å². The molecule has 0 unspecified atom stereocenters. The summed E-state index contributed by atoms with van der Waals surface area (Å²) in [6.45, 7) is 2.01. The molecule has 1 aromatic heterocycles. The zero-order valence-electron chi connectivity index (χ0n) is 11.5. The van der Waals surface area contributed by atoms with Crippen molar-refractivity contribution in [2.75, 3.05) is 0 Å². The molecule has 0 aliphatic rings. The van der Waals surface area contributed by atoms with Crippen LogP contribution in [-0.2, 0) is 0 Å². The highest BCUT2D eigenvalue weighted by Gasteiger charge is 2.12. The number of rotatable bonds is 3. The van der Waals surface area contributed by atoms with Gasteiger partial charge in [-0.2, -0.15) is 4.98 Å². The fraction of sp³-hybridized carbons (Fsp3) is 0.0588. The second kappa shape index (κ2) is 5.94. The van der Waals surface area contributed by atoms with Crippen molar-refractivity contribution in [1.29, 1.82) is 0 Å². The van der Waals surface area contributed by atoms with Gasteiger partial charge in [0.25, 0.3) is 5.89 Å². The normalized spacial score (nSPS) is 11.6. The van der Waals surface area contributed by atoms with E-state index < -0.39 is 0 Å². The lowest BCUT2D eigenvalue weighted by Gasteiger charge is -1.98. The zero-order chi connectivity index (χ0) is 14.7. The number of hydrogen-bond acceptors (Lipinski definition) is 3. The van der Waals surface area contributed by atoms with Gasteiger partial charge in [-0.25, -0.2) is 0 Å². The van der Waals surface area contributed by atoms with Gasteiger partial charge in [0.05, 0.1) is 0 Å². The van der Waals surface area contributed by atoms with Gasteiger partial charge in [0.2, 0.25) is 5.82 Å². The molecule has 0 amide bonds. The van der Waals surface area contributed by atoms with Crippen LogP contribution in [0.5, 0.6) is 0 Å². The van der Waals surface area contributed by atoms with E-state index in [9.17, 15) is 0 Å². The number of halogens is 1. The first-order valence-electron chi connectivity index (χ1n) is 6.56. The lowest BCUT2D eigenvalue weighted by molar-refractivity contribution is 0.410. The molecule has 0 saturated heterocycles. The van der Waals surface area contributed by atoms with E-state index in [1.165, 1.54) is 0 Å². The molecular weight excluding hydrogens is 284 g/mol. The second-order valence-electron chi connectivity index (χ2n) is 4.64. The van der Waals surface area contributed by atoms with Crippen LogP contribution in [0, 0.1) is 6.92 Å². The first-order valence-corrected chi connectivity index (χ1v) is 6.94. The fourth-order valence-electron chi connectivity index (χ4n) is 2.01. The lowest BCUT2D eigenvalue weighted by Crippen LogP contribution is -1.85. The summed E-state index contributed by atoms with van der Waals surface area (Å²) in [6, 6.07) is 17.6. The van der Waals surface area contributed by atoms with Crippen LogP contribution in [0.15, 0.2) is 59.1 Å². The first-order chi connectivity index (χ1) is 10.2. The molecule has 21 heavy (non-hydrogen) atoms. The minimum atomic E-state index is 0.318. The van der Waals surface area contributed by atoms with Gasteiger partial charge in [-0.05, 0) is 24.1 Å². The van der Waals surface area contributed by atoms with Crippen LogP contribution in [0.1, 0.15) is 17.0 Å². The maximum Gasteiger partial charge on any atom is 0.269 e. The maximum atomic E-state index is 6.25. The van der Waals surface area contributed by atoms with Gasteiger partial charge in [0.1, 0.15) is 5.03 Å². The minimum absolute atomic E-state index is 0.318. The molecule has 0 aliphatic carbocycles. The van der Waals surface area contributed by atoms with Crippen molar-refractivity contribution in [3.63, 3.8) is 0 Å². The summed E-state index contributed by atoms with van der Waals surface area (Å²) in [5, 5.41) is 4.42. The third kappa shape index (κ3) is 3.03. The monoisotopic (exact) mass is 296 g/mol. The number of nitrogens with zero attached hydrogens (tertiary/aromatic N) is 2. The largest absolute Gasteiger partial charge is 0.333 e. The molecule has 0 fully saturated rings. The van der Waals surface area contributed by atoms with Crippen molar-refractivity contribution >= 4 is 22.7 Å². The van der Waals surface area contributed by atoms with E-state index in [4.69, 9.17) is 16.1 Å². The van der Waals surface area contributed by atoms with Crippen LogP contribution in [0.25, 0.3) is 22.5 Å². The van der Waals surface area contributed by atoms with Gasteiger partial charge in [-0.3, -0.25) is 0 Å². The average molecular weight is 297 g/mol. The molecule has 1 heterocycles. The summed E-state index contributed by atoms with van der Waals surface area (Å²) in [5.74, 6) is 0.862. The van der Waals surface area contributed by atoms with Crippen molar-refractivity contribution < 1.29 is 4.52 Å². The van der Waals surface area contributed by atoms with Gasteiger partial charge in [-0.15, -0.1) is 0 Å². The fourth-order valence-corrected chi connectivity index (χ4v) is 2.21. The highest BCUT2D eigenvalue weighted by molar-refractivity contribution is 6.50. The quantitative estimate of drug-likeness (QED) is 0.698. The third-order valence-electron chi connectivity index (χ3n) is 3.11. The SMILES string of the molecule is Cc1ccccc1-c1noc(/C(Cl)=C/c2ccccc2)n1. The molecule has 0 aliphatic heterocycles. The Labute approximate surface area is 127 Å². The maximum absolute atomic E-state index is 6.25. The average Bonchev–Trinajstić information content (AvgIpc) is 2.98. The standard InChI is InChI=1S/C17H13ClN2O/c1-12-7-5-6-10-14(12)16-19-17(21-20-16)15(18)11-13-8-3-2-4-9-13/h2-11H,1H3/b15-11-. The smallest absolute Gasteiger partial charge is 0.269 e. The Morgan fingerprint density at radius 2 is 1.76 bits per heavy atom. The van der Waals surface area contributed by atoms with Crippen LogP contribution < -0.4 is 0 Å². The van der Waals surface area contributed by atoms with Crippen molar-refractivity contribution in [2.45, 2.75) is 6.92 Å². The molecule has 0 saturated carbocycles. The number of hydrogen-bond donors (Lipinski definition) is 0. The predicted octanol–water partition coefficient (Wildman–Crippen LogP) is 4.78. The number of benzene rings is 2. The van der Waals surface area contributed by atoms with Crippen LogP contribution >= 0.6 is 11.6 Å². The molecule has 3 aromatic rings. The Morgan fingerprint density at radius 1 is 1.05 bits per heavy atom. The molecule has 4 heteroatoms. The lowest BCUT2D eigenvalue weighted by atomic mass is 10.1. The Morgan fingerprint density at radius 3 is 2.52 bits per heavy atom. The molecule has 0 bridgehead atoms. The molecule has 3 rings (SSSR count). The van der Waals surface area contributed by atoms with Gasteiger partial charge >= 0.3 is 0 Å². The molecule has 0 radical (unpaired) electrons. The molecule has 0 N–H and O–H groups in total. The summed E-state index contributed by atoms with van der Waals surface area (Å²) >= 11 is 6.25. The van der Waals surface area contributed by atoms with E-state index in [1.807, 2.05) is 61.5 Å². The van der Waals surface area contributed by atoms with Crippen LogP contribution in [-0.4, -0.2) is 10.1 Å². The highest BCUT2D eigenvalue weighted by atomic mass is 35.5. The Bertz CT molecular complexity index is 778. The van der Waals surface area contributed by atoms with Crippen LogP contribution in [0.3, 0.4) is 0 Å². The molecular formula is C17H13ClN2O. The van der Waals surface area contributed by atoms with E-state index in [0.29, 0.717) is 16.7 Å². The van der Waals surface area contributed by atoms with Gasteiger partial charge in [0.15, 0.2) is 0 Å². The van der Waals surface area contributed by atoms with Gasteiger partial charge in [0, 0.05) is 5.56 Å². The number of aromatic nitrogens is 2. The number of aryl methyl sites for hydroxylation is 1. The highest BCUT2D eigenvalue weighted by Crippen LogP contribution is 2.25. The summed E-state index contributed by atoms with van der Waals surface area (Å²) in [5.41, 5.74) is 3.02. The van der Waals surface area contributed by atoms with Crippen LogP contribution in [0.2, 0.25) is 0 Å². The van der Waals surface area contributed by atoms with E-state index in [0.717, 1.165) is 16.7 Å². The van der Waals surface area contributed by atoms with Crippen molar-refractivity contribution in [3.05, 3.63) is 71.6 Å². The predicted molar refractivity (Wildman–Crippen MR) is 84.6 cm³/mol. The third-order valence-corrected chi connectivity index (χ3v) is 3.38. The van der Waals surface area contributed by atoms with E-state index in [1.54, 1.807) is 6.08 Å². The van der Waals surface area contributed by atoms with E-state index in [2.05, 4.69) is 10.1 Å².